The third kappa shape index (κ3) is 5.08. The maximum Gasteiger partial charge on any atom is 0.312 e. The summed E-state index contributed by atoms with van der Waals surface area (Å²) >= 11 is 0. The molecule has 0 fully saturated rings. The Balaban J connectivity index is 1.73. The first-order valence-corrected chi connectivity index (χ1v) is 7.62. The number of hydrogen-bond donors (Lipinski definition) is 2. The standard InChI is InChI=1S/C16H19N3O5/c1-2-7-17-14(20)9-18-15(21)10-23-16(22)8-12-11-5-3-4-6-13(11)24-19-12/h3-6H,2,7-10H2,1H3,(H,17,20)(H,18,21). The molecule has 0 aliphatic rings. The van der Waals surface area contributed by atoms with Gasteiger partial charge in [-0.15, -0.1) is 0 Å². The summed E-state index contributed by atoms with van der Waals surface area (Å²) < 4.78 is 9.97. The van der Waals surface area contributed by atoms with Gasteiger partial charge in [0.2, 0.25) is 5.91 Å². The van der Waals surface area contributed by atoms with Crippen LogP contribution in [0.3, 0.4) is 0 Å². The van der Waals surface area contributed by atoms with E-state index in [1.165, 1.54) is 0 Å². The number of aromatic nitrogens is 1. The number of fused-ring (bicyclic) bond motifs is 1. The smallest absolute Gasteiger partial charge is 0.312 e. The highest BCUT2D eigenvalue weighted by Crippen LogP contribution is 2.18. The first-order valence-electron chi connectivity index (χ1n) is 7.62. The van der Waals surface area contributed by atoms with E-state index in [4.69, 9.17) is 9.26 Å². The molecular weight excluding hydrogens is 314 g/mol. The normalized spacial score (nSPS) is 10.4. The van der Waals surface area contributed by atoms with E-state index in [2.05, 4.69) is 15.8 Å². The van der Waals surface area contributed by atoms with Crippen LogP contribution in [-0.2, 0) is 25.5 Å². The highest BCUT2D eigenvalue weighted by Gasteiger charge is 2.14. The average molecular weight is 333 g/mol. The van der Waals surface area contributed by atoms with Gasteiger partial charge in [-0.3, -0.25) is 14.4 Å². The molecule has 1 aromatic heterocycles. The minimum Gasteiger partial charge on any atom is -0.455 e. The summed E-state index contributed by atoms with van der Waals surface area (Å²) in [5, 5.41) is 9.54. The largest absolute Gasteiger partial charge is 0.455 e. The van der Waals surface area contributed by atoms with Crippen molar-refractivity contribution < 1.29 is 23.6 Å². The molecule has 0 saturated carbocycles. The van der Waals surface area contributed by atoms with Crippen LogP contribution in [0.1, 0.15) is 19.0 Å². The molecule has 0 unspecified atom stereocenters. The van der Waals surface area contributed by atoms with Crippen LogP contribution in [0.2, 0.25) is 0 Å². The van der Waals surface area contributed by atoms with Crippen molar-refractivity contribution in [2.75, 3.05) is 19.7 Å². The van der Waals surface area contributed by atoms with Crippen LogP contribution in [0.15, 0.2) is 28.8 Å². The van der Waals surface area contributed by atoms with E-state index < -0.39 is 18.5 Å². The Morgan fingerprint density at radius 1 is 1.17 bits per heavy atom. The number of rotatable bonds is 8. The van der Waals surface area contributed by atoms with Gasteiger partial charge in [-0.1, -0.05) is 24.2 Å². The topological polar surface area (TPSA) is 111 Å². The maximum atomic E-state index is 11.8. The second kappa shape index (κ2) is 8.66. The Bertz CT molecular complexity index is 725. The lowest BCUT2D eigenvalue weighted by Gasteiger charge is -2.06. The van der Waals surface area contributed by atoms with Crippen molar-refractivity contribution in [1.82, 2.24) is 15.8 Å². The van der Waals surface area contributed by atoms with Gasteiger partial charge in [-0.2, -0.15) is 0 Å². The van der Waals surface area contributed by atoms with Crippen molar-refractivity contribution in [1.29, 1.82) is 0 Å². The second-order valence-electron chi connectivity index (χ2n) is 5.09. The third-order valence-electron chi connectivity index (χ3n) is 3.15. The Kier molecular flexibility index (Phi) is 6.30. The molecule has 0 aliphatic heterocycles. The minimum atomic E-state index is -0.598. The van der Waals surface area contributed by atoms with Crippen molar-refractivity contribution in [2.45, 2.75) is 19.8 Å². The van der Waals surface area contributed by atoms with Gasteiger partial charge in [-0.05, 0) is 18.6 Å². The first-order chi connectivity index (χ1) is 11.6. The lowest BCUT2D eigenvalue weighted by atomic mass is 10.2. The van der Waals surface area contributed by atoms with Crippen LogP contribution in [0.25, 0.3) is 11.0 Å². The molecule has 0 spiro atoms. The van der Waals surface area contributed by atoms with Crippen molar-refractivity contribution in [3.05, 3.63) is 30.0 Å². The number of para-hydroxylation sites is 1. The second-order valence-corrected chi connectivity index (χ2v) is 5.09. The Labute approximate surface area is 138 Å². The summed E-state index contributed by atoms with van der Waals surface area (Å²) in [5.74, 6) is -1.43. The molecule has 8 heteroatoms. The molecule has 8 nitrogen and oxygen atoms in total. The fraction of sp³-hybridized carbons (Fsp3) is 0.375. The number of ether oxygens (including phenoxy) is 1. The first kappa shape index (κ1) is 17.5. The quantitative estimate of drug-likeness (QED) is 0.683. The SMILES string of the molecule is CCCNC(=O)CNC(=O)COC(=O)Cc1noc2ccccc12. The van der Waals surface area contributed by atoms with Crippen LogP contribution in [0, 0.1) is 0 Å². The Hall–Kier alpha value is -2.90. The van der Waals surface area contributed by atoms with E-state index in [-0.39, 0.29) is 18.9 Å². The van der Waals surface area contributed by atoms with Gasteiger partial charge in [0.05, 0.1) is 13.0 Å². The van der Waals surface area contributed by atoms with Gasteiger partial charge in [0.1, 0.15) is 5.69 Å². The number of esters is 1. The molecule has 2 rings (SSSR count). The van der Waals surface area contributed by atoms with E-state index in [9.17, 15) is 14.4 Å². The van der Waals surface area contributed by atoms with Crippen LogP contribution >= 0.6 is 0 Å². The zero-order valence-electron chi connectivity index (χ0n) is 13.3. The van der Waals surface area contributed by atoms with Gasteiger partial charge in [0, 0.05) is 11.9 Å². The number of nitrogens with zero attached hydrogens (tertiary/aromatic N) is 1. The molecule has 2 N–H and O–H groups in total. The van der Waals surface area contributed by atoms with Crippen LogP contribution in [-0.4, -0.2) is 42.6 Å². The Morgan fingerprint density at radius 3 is 2.75 bits per heavy atom. The summed E-state index contributed by atoms with van der Waals surface area (Å²) in [7, 11) is 0. The monoisotopic (exact) mass is 333 g/mol. The lowest BCUT2D eigenvalue weighted by molar-refractivity contribution is -0.148. The van der Waals surface area contributed by atoms with Gasteiger partial charge in [0.15, 0.2) is 12.2 Å². The number of carbonyl (C=O) groups excluding carboxylic acids is 3. The molecule has 24 heavy (non-hydrogen) atoms. The fourth-order valence-corrected chi connectivity index (χ4v) is 1.96. The van der Waals surface area contributed by atoms with E-state index >= 15 is 0 Å². The maximum absolute atomic E-state index is 11.8. The van der Waals surface area contributed by atoms with Crippen molar-refractivity contribution in [3.63, 3.8) is 0 Å². The molecule has 0 bridgehead atoms. The van der Waals surface area contributed by atoms with Gasteiger partial charge < -0.3 is 19.9 Å². The number of benzene rings is 1. The highest BCUT2D eigenvalue weighted by molar-refractivity contribution is 5.87. The van der Waals surface area contributed by atoms with E-state index in [1.54, 1.807) is 18.2 Å². The predicted octanol–water partition coefficient (Wildman–Crippen LogP) is 0.556. The van der Waals surface area contributed by atoms with Crippen molar-refractivity contribution >= 4 is 28.8 Å². The van der Waals surface area contributed by atoms with Gasteiger partial charge >= 0.3 is 5.97 Å². The van der Waals surface area contributed by atoms with Gasteiger partial charge in [-0.25, -0.2) is 0 Å². The summed E-state index contributed by atoms with van der Waals surface area (Å²) in [6, 6.07) is 7.15. The van der Waals surface area contributed by atoms with Crippen LogP contribution in [0.4, 0.5) is 0 Å². The molecule has 2 aromatic rings. The van der Waals surface area contributed by atoms with Crippen LogP contribution in [0.5, 0.6) is 0 Å². The van der Waals surface area contributed by atoms with Crippen molar-refractivity contribution in [3.8, 4) is 0 Å². The molecule has 0 radical (unpaired) electrons. The zero-order valence-corrected chi connectivity index (χ0v) is 13.3. The molecule has 1 aromatic carbocycles. The molecule has 0 saturated heterocycles. The summed E-state index contributed by atoms with van der Waals surface area (Å²) in [4.78, 5) is 34.6. The van der Waals surface area contributed by atoms with E-state index in [0.717, 1.165) is 11.8 Å². The fourth-order valence-electron chi connectivity index (χ4n) is 1.96. The zero-order chi connectivity index (χ0) is 17.4. The number of hydrogen-bond acceptors (Lipinski definition) is 6. The number of nitrogens with one attached hydrogen (secondary N) is 2. The van der Waals surface area contributed by atoms with Gasteiger partial charge in [0.25, 0.3) is 5.91 Å². The van der Waals surface area contributed by atoms with Crippen LogP contribution < -0.4 is 10.6 Å². The number of carbonyl (C=O) groups is 3. The number of amides is 2. The van der Waals surface area contributed by atoms with E-state index in [1.807, 2.05) is 13.0 Å². The summed E-state index contributed by atoms with van der Waals surface area (Å²) in [6.45, 7) is 1.88. The summed E-state index contributed by atoms with van der Waals surface area (Å²) in [6.07, 6.45) is 0.718. The third-order valence-corrected chi connectivity index (χ3v) is 3.15. The Morgan fingerprint density at radius 2 is 1.96 bits per heavy atom. The molecule has 2 amide bonds. The minimum absolute atomic E-state index is 0.0960. The molecule has 1 heterocycles. The predicted molar refractivity (Wildman–Crippen MR) is 85.0 cm³/mol. The van der Waals surface area contributed by atoms with Crippen molar-refractivity contribution in [2.24, 2.45) is 0 Å². The summed E-state index contributed by atoms with van der Waals surface area (Å²) in [5.41, 5.74) is 1.03. The average Bonchev–Trinajstić information content (AvgIpc) is 2.99. The highest BCUT2D eigenvalue weighted by atomic mass is 16.5. The molecule has 0 atom stereocenters. The molecular formula is C16H19N3O5. The molecule has 0 aliphatic carbocycles. The lowest BCUT2D eigenvalue weighted by Crippen LogP contribution is -2.39. The molecule has 128 valence electrons. The van der Waals surface area contributed by atoms with E-state index in [0.29, 0.717) is 17.8 Å².